The standard InChI is InChI=1S/C8H12BrN3OS/c1-3-5(9)7(13)10-8-12-11-6(4-2)14-8/h5H,3-4H2,1-2H3,(H,10,12,13). The molecule has 0 aliphatic heterocycles. The van der Waals surface area contributed by atoms with Gasteiger partial charge in [-0.1, -0.05) is 41.1 Å². The van der Waals surface area contributed by atoms with E-state index in [2.05, 4.69) is 31.4 Å². The summed E-state index contributed by atoms with van der Waals surface area (Å²) < 4.78 is 0. The molecule has 0 aliphatic carbocycles. The van der Waals surface area contributed by atoms with Crippen molar-refractivity contribution < 1.29 is 4.79 Å². The number of alkyl halides is 1. The van der Waals surface area contributed by atoms with Gasteiger partial charge in [0.2, 0.25) is 11.0 Å². The number of hydrogen-bond acceptors (Lipinski definition) is 4. The van der Waals surface area contributed by atoms with Gasteiger partial charge in [-0.25, -0.2) is 0 Å². The highest BCUT2D eigenvalue weighted by molar-refractivity contribution is 9.10. The number of amides is 1. The van der Waals surface area contributed by atoms with Gasteiger partial charge in [-0.2, -0.15) is 0 Å². The molecule has 0 saturated heterocycles. The fourth-order valence-corrected chi connectivity index (χ4v) is 1.61. The van der Waals surface area contributed by atoms with Crippen LogP contribution in [0.1, 0.15) is 25.3 Å². The molecular weight excluding hydrogens is 266 g/mol. The Morgan fingerprint density at radius 2 is 2.29 bits per heavy atom. The van der Waals surface area contributed by atoms with Crippen molar-refractivity contribution >= 4 is 38.3 Å². The first kappa shape index (κ1) is 11.6. The van der Waals surface area contributed by atoms with Crippen LogP contribution < -0.4 is 5.32 Å². The molecule has 0 aliphatic rings. The first-order valence-corrected chi connectivity index (χ1v) is 6.17. The molecule has 1 rings (SSSR count). The van der Waals surface area contributed by atoms with Crippen LogP contribution >= 0.6 is 27.3 Å². The van der Waals surface area contributed by atoms with E-state index in [1.54, 1.807) is 0 Å². The molecule has 1 atom stereocenters. The summed E-state index contributed by atoms with van der Waals surface area (Å²) >= 11 is 4.68. The second-order valence-corrected chi connectivity index (χ2v) is 4.89. The normalized spacial score (nSPS) is 12.5. The molecule has 0 bridgehead atoms. The van der Waals surface area contributed by atoms with Gasteiger partial charge < -0.3 is 0 Å². The van der Waals surface area contributed by atoms with E-state index < -0.39 is 0 Å². The number of anilines is 1. The lowest BCUT2D eigenvalue weighted by atomic mass is 10.3. The molecule has 14 heavy (non-hydrogen) atoms. The van der Waals surface area contributed by atoms with Crippen molar-refractivity contribution in [2.45, 2.75) is 31.5 Å². The van der Waals surface area contributed by atoms with E-state index in [0.29, 0.717) is 5.13 Å². The summed E-state index contributed by atoms with van der Waals surface area (Å²) in [7, 11) is 0. The minimum atomic E-state index is -0.156. The fraction of sp³-hybridized carbons (Fsp3) is 0.625. The predicted molar refractivity (Wildman–Crippen MR) is 60.9 cm³/mol. The molecule has 0 saturated carbocycles. The number of hydrogen-bond donors (Lipinski definition) is 1. The molecule has 0 aromatic carbocycles. The summed E-state index contributed by atoms with van der Waals surface area (Å²) in [5.74, 6) is -0.0636. The highest BCUT2D eigenvalue weighted by Gasteiger charge is 2.14. The summed E-state index contributed by atoms with van der Waals surface area (Å²) in [6, 6.07) is 0. The summed E-state index contributed by atoms with van der Waals surface area (Å²) in [5.41, 5.74) is 0. The van der Waals surface area contributed by atoms with Gasteiger partial charge in [-0.05, 0) is 12.8 Å². The predicted octanol–water partition coefficient (Wildman–Crippen LogP) is 2.21. The third-order valence-corrected chi connectivity index (χ3v) is 3.69. The van der Waals surface area contributed by atoms with Crippen LogP contribution in [0.2, 0.25) is 0 Å². The zero-order chi connectivity index (χ0) is 10.6. The first-order chi connectivity index (χ1) is 6.67. The van der Waals surface area contributed by atoms with E-state index in [-0.39, 0.29) is 10.7 Å². The second kappa shape index (κ2) is 5.41. The maximum atomic E-state index is 11.4. The SMILES string of the molecule is CCc1nnc(NC(=O)C(Br)CC)s1. The van der Waals surface area contributed by atoms with Crippen LogP contribution in [0.5, 0.6) is 0 Å². The van der Waals surface area contributed by atoms with Crippen LogP contribution in [0, 0.1) is 0 Å². The Balaban J connectivity index is 2.56. The number of nitrogens with zero attached hydrogens (tertiary/aromatic N) is 2. The van der Waals surface area contributed by atoms with E-state index >= 15 is 0 Å². The average Bonchev–Trinajstić information content (AvgIpc) is 2.64. The van der Waals surface area contributed by atoms with Gasteiger partial charge in [0.05, 0.1) is 4.83 Å². The van der Waals surface area contributed by atoms with Gasteiger partial charge in [-0.3, -0.25) is 10.1 Å². The van der Waals surface area contributed by atoms with Crippen LogP contribution in [-0.2, 0) is 11.2 Å². The molecule has 1 N–H and O–H groups in total. The van der Waals surface area contributed by atoms with Crippen molar-refractivity contribution in [3.05, 3.63) is 5.01 Å². The minimum absolute atomic E-state index is 0.0636. The van der Waals surface area contributed by atoms with Gasteiger partial charge in [0.25, 0.3) is 0 Å². The lowest BCUT2D eigenvalue weighted by molar-refractivity contribution is -0.115. The lowest BCUT2D eigenvalue weighted by Gasteiger charge is -2.04. The van der Waals surface area contributed by atoms with Gasteiger partial charge in [0.15, 0.2) is 0 Å². The average molecular weight is 278 g/mol. The second-order valence-electron chi connectivity index (χ2n) is 2.72. The Labute approximate surface area is 95.2 Å². The molecule has 0 spiro atoms. The maximum absolute atomic E-state index is 11.4. The molecule has 1 amide bonds. The van der Waals surface area contributed by atoms with Crippen molar-refractivity contribution in [3.63, 3.8) is 0 Å². The van der Waals surface area contributed by atoms with Gasteiger partial charge in [0, 0.05) is 0 Å². The lowest BCUT2D eigenvalue weighted by Crippen LogP contribution is -2.21. The molecule has 1 aromatic rings. The maximum Gasteiger partial charge on any atom is 0.239 e. The molecular formula is C8H12BrN3OS. The van der Waals surface area contributed by atoms with E-state index in [1.165, 1.54) is 11.3 Å². The highest BCUT2D eigenvalue weighted by Crippen LogP contribution is 2.17. The van der Waals surface area contributed by atoms with Crippen LogP contribution in [0.4, 0.5) is 5.13 Å². The number of aromatic nitrogens is 2. The third kappa shape index (κ3) is 3.02. The zero-order valence-electron chi connectivity index (χ0n) is 8.08. The van der Waals surface area contributed by atoms with Gasteiger partial charge >= 0.3 is 0 Å². The molecule has 4 nitrogen and oxygen atoms in total. The quantitative estimate of drug-likeness (QED) is 0.859. The van der Waals surface area contributed by atoms with Crippen molar-refractivity contribution in [3.8, 4) is 0 Å². The highest BCUT2D eigenvalue weighted by atomic mass is 79.9. The molecule has 1 heterocycles. The van der Waals surface area contributed by atoms with Crippen LogP contribution in [0.3, 0.4) is 0 Å². The van der Waals surface area contributed by atoms with E-state index in [0.717, 1.165) is 17.8 Å². The van der Waals surface area contributed by atoms with E-state index in [4.69, 9.17) is 0 Å². The minimum Gasteiger partial charge on any atom is -0.300 e. The van der Waals surface area contributed by atoms with Crippen molar-refractivity contribution in [2.75, 3.05) is 5.32 Å². The molecule has 1 unspecified atom stereocenters. The summed E-state index contributed by atoms with van der Waals surface area (Å²) in [6.45, 7) is 3.95. The monoisotopic (exact) mass is 277 g/mol. The van der Waals surface area contributed by atoms with Gasteiger partial charge in [0.1, 0.15) is 5.01 Å². The number of nitrogens with one attached hydrogen (secondary N) is 1. The van der Waals surface area contributed by atoms with Crippen LogP contribution in [0.15, 0.2) is 0 Å². The molecule has 0 radical (unpaired) electrons. The number of halogens is 1. The Bertz CT molecular complexity index is 315. The molecule has 78 valence electrons. The summed E-state index contributed by atoms with van der Waals surface area (Å²) in [4.78, 5) is 11.3. The van der Waals surface area contributed by atoms with Crippen molar-refractivity contribution in [1.29, 1.82) is 0 Å². The third-order valence-electron chi connectivity index (χ3n) is 1.64. The zero-order valence-corrected chi connectivity index (χ0v) is 10.5. The molecule has 1 aromatic heterocycles. The Hall–Kier alpha value is -0.490. The largest absolute Gasteiger partial charge is 0.300 e. The topological polar surface area (TPSA) is 54.9 Å². The first-order valence-electron chi connectivity index (χ1n) is 4.44. The Morgan fingerprint density at radius 3 is 2.79 bits per heavy atom. The van der Waals surface area contributed by atoms with Crippen LogP contribution in [0.25, 0.3) is 0 Å². The number of carbonyl (C=O) groups excluding carboxylic acids is 1. The number of carbonyl (C=O) groups is 1. The van der Waals surface area contributed by atoms with E-state index in [1.807, 2.05) is 13.8 Å². The fourth-order valence-electron chi connectivity index (χ4n) is 0.816. The molecule has 6 heteroatoms. The molecule has 0 fully saturated rings. The van der Waals surface area contributed by atoms with E-state index in [9.17, 15) is 4.79 Å². The Morgan fingerprint density at radius 1 is 1.57 bits per heavy atom. The van der Waals surface area contributed by atoms with Crippen molar-refractivity contribution in [2.24, 2.45) is 0 Å². The van der Waals surface area contributed by atoms with Crippen molar-refractivity contribution in [1.82, 2.24) is 10.2 Å². The smallest absolute Gasteiger partial charge is 0.239 e. The van der Waals surface area contributed by atoms with Crippen LogP contribution in [-0.4, -0.2) is 20.9 Å². The van der Waals surface area contributed by atoms with Gasteiger partial charge in [-0.15, -0.1) is 10.2 Å². The number of aryl methyl sites for hydroxylation is 1. The Kier molecular flexibility index (Phi) is 4.47. The summed E-state index contributed by atoms with van der Waals surface area (Å²) in [6.07, 6.45) is 1.60. The summed E-state index contributed by atoms with van der Waals surface area (Å²) in [5, 5.41) is 12.0. The number of rotatable bonds is 4.